The van der Waals surface area contributed by atoms with Gasteiger partial charge in [-0.3, -0.25) is 10.1 Å². The van der Waals surface area contributed by atoms with Crippen LogP contribution in [0.1, 0.15) is 31.0 Å². The fourth-order valence-electron chi connectivity index (χ4n) is 2.48. The fraction of sp³-hybridized carbons (Fsp3) is 0.312. The second-order valence-electron chi connectivity index (χ2n) is 5.63. The first-order valence-corrected chi connectivity index (χ1v) is 7.42. The molecule has 0 fully saturated rings. The summed E-state index contributed by atoms with van der Waals surface area (Å²) in [4.78, 5) is 4.82. The van der Waals surface area contributed by atoms with Crippen molar-refractivity contribution in [3.63, 3.8) is 0 Å². The lowest BCUT2D eigenvalue weighted by Gasteiger charge is -2.12. The highest BCUT2D eigenvalue weighted by Crippen LogP contribution is 2.30. The standard InChI is InChI=1S/C16H18N4S/c1-9(2)13-8-12(15-18-19-16(21)20(15)4)11-7-5-6-10(3)14(11)17-13/h5-9H,1-4H3,(H,19,21). The van der Waals surface area contributed by atoms with E-state index < -0.39 is 0 Å². The van der Waals surface area contributed by atoms with Gasteiger partial charge >= 0.3 is 0 Å². The maximum absolute atomic E-state index is 5.24. The molecule has 5 heteroatoms. The van der Waals surface area contributed by atoms with E-state index in [9.17, 15) is 0 Å². The van der Waals surface area contributed by atoms with E-state index in [1.807, 2.05) is 11.6 Å². The zero-order valence-electron chi connectivity index (χ0n) is 12.6. The third kappa shape index (κ3) is 2.27. The van der Waals surface area contributed by atoms with Gasteiger partial charge < -0.3 is 4.57 Å². The predicted molar refractivity (Wildman–Crippen MR) is 88.0 cm³/mol. The number of nitrogens with one attached hydrogen (secondary N) is 1. The molecule has 0 saturated carbocycles. The van der Waals surface area contributed by atoms with Crippen molar-refractivity contribution >= 4 is 23.1 Å². The molecule has 4 nitrogen and oxygen atoms in total. The molecule has 0 saturated heterocycles. The van der Waals surface area contributed by atoms with Crippen molar-refractivity contribution < 1.29 is 0 Å². The molecular weight excluding hydrogens is 280 g/mol. The molecule has 3 aromatic rings. The summed E-state index contributed by atoms with van der Waals surface area (Å²) in [6.45, 7) is 6.39. The number of hydrogen-bond acceptors (Lipinski definition) is 3. The second kappa shape index (κ2) is 5.07. The van der Waals surface area contributed by atoms with Crippen LogP contribution in [0.4, 0.5) is 0 Å². The van der Waals surface area contributed by atoms with Gasteiger partial charge in [-0.25, -0.2) is 0 Å². The Kier molecular flexibility index (Phi) is 3.37. The van der Waals surface area contributed by atoms with Gasteiger partial charge in [0, 0.05) is 23.7 Å². The molecule has 2 aromatic heterocycles. The molecule has 0 aliphatic carbocycles. The van der Waals surface area contributed by atoms with Crippen molar-refractivity contribution in [2.75, 3.05) is 0 Å². The number of H-pyrrole nitrogens is 1. The molecule has 0 spiro atoms. The van der Waals surface area contributed by atoms with E-state index in [1.54, 1.807) is 0 Å². The molecule has 0 atom stereocenters. The average molecular weight is 298 g/mol. The normalized spacial score (nSPS) is 11.5. The van der Waals surface area contributed by atoms with Gasteiger partial charge in [-0.1, -0.05) is 32.0 Å². The molecule has 1 aromatic carbocycles. The molecule has 0 aliphatic rings. The Balaban J connectivity index is 2.43. The third-order valence-electron chi connectivity index (χ3n) is 3.77. The van der Waals surface area contributed by atoms with Crippen LogP contribution in [-0.2, 0) is 7.05 Å². The van der Waals surface area contributed by atoms with Crippen molar-refractivity contribution in [3.8, 4) is 11.4 Å². The highest BCUT2D eigenvalue weighted by atomic mass is 32.1. The van der Waals surface area contributed by atoms with E-state index in [2.05, 4.69) is 55.2 Å². The molecule has 0 unspecified atom stereocenters. The molecule has 3 rings (SSSR count). The Morgan fingerprint density at radius 1 is 1.29 bits per heavy atom. The van der Waals surface area contributed by atoms with Gasteiger partial charge in [0.2, 0.25) is 0 Å². The molecule has 21 heavy (non-hydrogen) atoms. The largest absolute Gasteiger partial charge is 0.303 e. The number of rotatable bonds is 2. The number of aromatic nitrogens is 4. The van der Waals surface area contributed by atoms with Gasteiger partial charge in [0.15, 0.2) is 10.6 Å². The van der Waals surface area contributed by atoms with Crippen LogP contribution in [0.5, 0.6) is 0 Å². The summed E-state index contributed by atoms with van der Waals surface area (Å²) >= 11 is 5.24. The molecular formula is C16H18N4S. The number of aryl methyl sites for hydroxylation is 1. The lowest BCUT2D eigenvalue weighted by Crippen LogP contribution is -2.00. The topological polar surface area (TPSA) is 46.5 Å². The van der Waals surface area contributed by atoms with Gasteiger partial charge in [0.25, 0.3) is 0 Å². The van der Waals surface area contributed by atoms with Crippen LogP contribution in [0.2, 0.25) is 0 Å². The molecule has 1 N–H and O–H groups in total. The first-order valence-electron chi connectivity index (χ1n) is 7.01. The first-order chi connectivity index (χ1) is 9.99. The van der Waals surface area contributed by atoms with Crippen molar-refractivity contribution in [3.05, 3.63) is 40.3 Å². The zero-order valence-corrected chi connectivity index (χ0v) is 13.5. The second-order valence-corrected chi connectivity index (χ2v) is 6.02. The highest BCUT2D eigenvalue weighted by Gasteiger charge is 2.15. The summed E-state index contributed by atoms with van der Waals surface area (Å²) in [5, 5.41) is 8.35. The summed E-state index contributed by atoms with van der Waals surface area (Å²) in [5.74, 6) is 1.21. The molecule has 108 valence electrons. The number of benzene rings is 1. The van der Waals surface area contributed by atoms with Crippen LogP contribution in [0.15, 0.2) is 24.3 Å². The number of hydrogen-bond donors (Lipinski definition) is 1. The van der Waals surface area contributed by atoms with Crippen molar-refractivity contribution in [2.45, 2.75) is 26.7 Å². The van der Waals surface area contributed by atoms with Crippen molar-refractivity contribution in [2.24, 2.45) is 7.05 Å². The Morgan fingerprint density at radius 3 is 2.67 bits per heavy atom. The minimum absolute atomic E-state index is 0.361. The van der Waals surface area contributed by atoms with Crippen molar-refractivity contribution in [1.82, 2.24) is 19.7 Å². The predicted octanol–water partition coefficient (Wildman–Crippen LogP) is 4.12. The van der Waals surface area contributed by atoms with Gasteiger partial charge in [0.1, 0.15) is 0 Å². The Hall–Kier alpha value is -2.01. The van der Waals surface area contributed by atoms with Crippen LogP contribution in [0.25, 0.3) is 22.3 Å². The Bertz CT molecular complexity index is 874. The molecule has 2 heterocycles. The van der Waals surface area contributed by atoms with Crippen molar-refractivity contribution in [1.29, 1.82) is 0 Å². The summed E-state index contributed by atoms with van der Waals surface area (Å²) in [6, 6.07) is 8.36. The Labute approximate surface area is 128 Å². The minimum Gasteiger partial charge on any atom is -0.303 e. The number of nitrogens with zero attached hydrogens (tertiary/aromatic N) is 3. The van der Waals surface area contributed by atoms with Gasteiger partial charge in [0.05, 0.1) is 5.52 Å². The smallest absolute Gasteiger partial charge is 0.195 e. The molecule has 0 radical (unpaired) electrons. The summed E-state index contributed by atoms with van der Waals surface area (Å²) < 4.78 is 2.52. The SMILES string of the molecule is Cc1cccc2c(-c3n[nH]c(=S)n3C)cc(C(C)C)nc12. The van der Waals surface area contributed by atoms with E-state index >= 15 is 0 Å². The fourth-order valence-corrected chi connectivity index (χ4v) is 2.61. The lowest BCUT2D eigenvalue weighted by atomic mass is 10.0. The van der Waals surface area contributed by atoms with Crippen LogP contribution < -0.4 is 0 Å². The monoisotopic (exact) mass is 298 g/mol. The van der Waals surface area contributed by atoms with Crippen LogP contribution >= 0.6 is 12.2 Å². The van der Waals surface area contributed by atoms with E-state index in [-0.39, 0.29) is 0 Å². The van der Waals surface area contributed by atoms with E-state index in [0.29, 0.717) is 10.7 Å². The molecule has 0 amide bonds. The average Bonchev–Trinajstić information content (AvgIpc) is 2.78. The van der Waals surface area contributed by atoms with Crippen LogP contribution in [-0.4, -0.2) is 19.7 Å². The lowest BCUT2D eigenvalue weighted by molar-refractivity contribution is 0.828. The number of aromatic amines is 1. The number of para-hydroxylation sites is 1. The first kappa shape index (κ1) is 13.9. The van der Waals surface area contributed by atoms with Crippen LogP contribution in [0.3, 0.4) is 0 Å². The Morgan fingerprint density at radius 2 is 2.05 bits per heavy atom. The van der Waals surface area contributed by atoms with Gasteiger partial charge in [-0.15, -0.1) is 0 Å². The van der Waals surface area contributed by atoms with E-state index in [4.69, 9.17) is 17.2 Å². The van der Waals surface area contributed by atoms with Gasteiger partial charge in [-0.05, 0) is 36.7 Å². The third-order valence-corrected chi connectivity index (χ3v) is 4.14. The summed E-state index contributed by atoms with van der Waals surface area (Å²) in [6.07, 6.45) is 0. The summed E-state index contributed by atoms with van der Waals surface area (Å²) in [5.41, 5.74) is 4.35. The quantitative estimate of drug-likeness (QED) is 0.724. The van der Waals surface area contributed by atoms with E-state index in [0.717, 1.165) is 28.0 Å². The maximum atomic E-state index is 5.24. The molecule has 0 aliphatic heterocycles. The van der Waals surface area contributed by atoms with Gasteiger partial charge in [-0.2, -0.15) is 5.10 Å². The van der Waals surface area contributed by atoms with Crippen LogP contribution in [0, 0.1) is 11.7 Å². The highest BCUT2D eigenvalue weighted by molar-refractivity contribution is 7.71. The number of pyridine rings is 1. The minimum atomic E-state index is 0.361. The maximum Gasteiger partial charge on any atom is 0.195 e. The van der Waals surface area contributed by atoms with E-state index in [1.165, 1.54) is 5.56 Å². The summed E-state index contributed by atoms with van der Waals surface area (Å²) in [7, 11) is 1.93. The zero-order chi connectivity index (χ0) is 15.1. The molecule has 0 bridgehead atoms. The number of fused-ring (bicyclic) bond motifs is 1.